The fourth-order valence-electron chi connectivity index (χ4n) is 2.47. The minimum atomic E-state index is 0.749. The molecule has 3 heterocycles. The topological polar surface area (TPSA) is 40.7 Å². The van der Waals surface area contributed by atoms with E-state index in [0.717, 1.165) is 37.7 Å². The summed E-state index contributed by atoms with van der Waals surface area (Å²) in [6, 6.07) is 4.40. The number of aromatic nitrogens is 2. The third-order valence-corrected chi connectivity index (χ3v) is 4.81. The Labute approximate surface area is 112 Å². The van der Waals surface area contributed by atoms with Crippen LogP contribution in [0.2, 0.25) is 0 Å². The first-order chi connectivity index (χ1) is 8.85. The summed E-state index contributed by atoms with van der Waals surface area (Å²) in [5, 5.41) is 3.40. The normalized spacial score (nSPS) is 19.5. The maximum Gasteiger partial charge on any atom is 0.106 e. The Morgan fingerprint density at radius 2 is 2.39 bits per heavy atom. The average Bonchev–Trinajstić information content (AvgIpc) is 3.09. The molecule has 3 nitrogen and oxygen atoms in total. The second kappa shape index (κ2) is 5.24. The molecule has 2 N–H and O–H groups in total. The molecule has 1 saturated heterocycles. The molecular weight excluding hydrogens is 242 g/mol. The van der Waals surface area contributed by atoms with Gasteiger partial charge in [0.25, 0.3) is 0 Å². The highest BCUT2D eigenvalue weighted by molar-refractivity contribution is 7.15. The molecule has 0 aliphatic carbocycles. The Hall–Kier alpha value is -1.13. The number of nitrogens with one attached hydrogen (secondary N) is 2. The van der Waals surface area contributed by atoms with E-state index in [2.05, 4.69) is 34.3 Å². The van der Waals surface area contributed by atoms with Crippen LogP contribution >= 0.6 is 11.3 Å². The van der Waals surface area contributed by atoms with Crippen molar-refractivity contribution in [1.29, 1.82) is 0 Å². The van der Waals surface area contributed by atoms with Gasteiger partial charge in [-0.3, -0.25) is 0 Å². The number of aromatic amines is 1. The van der Waals surface area contributed by atoms with E-state index in [1.54, 1.807) is 0 Å². The van der Waals surface area contributed by atoms with Gasteiger partial charge in [0.05, 0.1) is 16.8 Å². The highest BCUT2D eigenvalue weighted by atomic mass is 32.1. The van der Waals surface area contributed by atoms with E-state index in [4.69, 9.17) is 0 Å². The van der Waals surface area contributed by atoms with Crippen LogP contribution < -0.4 is 5.32 Å². The SMILES string of the molecule is CCc1ccc(-c2cnc(CC3CCNC3)[nH]2)s1. The van der Waals surface area contributed by atoms with Gasteiger partial charge in [-0.05, 0) is 44.0 Å². The minimum Gasteiger partial charge on any atom is -0.341 e. The van der Waals surface area contributed by atoms with E-state index in [1.807, 2.05) is 17.5 Å². The molecule has 18 heavy (non-hydrogen) atoms. The fraction of sp³-hybridized carbons (Fsp3) is 0.500. The van der Waals surface area contributed by atoms with E-state index in [9.17, 15) is 0 Å². The van der Waals surface area contributed by atoms with Gasteiger partial charge >= 0.3 is 0 Å². The zero-order valence-electron chi connectivity index (χ0n) is 10.7. The second-order valence-electron chi connectivity index (χ2n) is 4.93. The van der Waals surface area contributed by atoms with Crippen LogP contribution in [0.1, 0.15) is 24.0 Å². The predicted molar refractivity (Wildman–Crippen MR) is 76.0 cm³/mol. The van der Waals surface area contributed by atoms with Crippen LogP contribution in [0.4, 0.5) is 0 Å². The third kappa shape index (κ3) is 2.49. The van der Waals surface area contributed by atoms with Gasteiger partial charge in [0.15, 0.2) is 0 Å². The molecule has 0 saturated carbocycles. The quantitative estimate of drug-likeness (QED) is 0.888. The number of hydrogen-bond donors (Lipinski definition) is 2. The van der Waals surface area contributed by atoms with Crippen LogP contribution in [-0.4, -0.2) is 23.1 Å². The lowest BCUT2D eigenvalue weighted by atomic mass is 10.1. The standard InChI is InChI=1S/C14H19N3S/c1-2-11-3-4-13(18-11)12-9-16-14(17-12)7-10-5-6-15-8-10/h3-4,9-10,15H,2,5-8H2,1H3,(H,16,17). The van der Waals surface area contributed by atoms with E-state index in [-0.39, 0.29) is 0 Å². The molecule has 96 valence electrons. The molecule has 1 unspecified atom stereocenters. The van der Waals surface area contributed by atoms with Crippen molar-refractivity contribution in [1.82, 2.24) is 15.3 Å². The zero-order valence-corrected chi connectivity index (χ0v) is 11.5. The van der Waals surface area contributed by atoms with Crippen molar-refractivity contribution in [3.63, 3.8) is 0 Å². The first-order valence-corrected chi connectivity index (χ1v) is 7.50. The Balaban J connectivity index is 1.72. The highest BCUT2D eigenvalue weighted by Gasteiger charge is 2.16. The van der Waals surface area contributed by atoms with Gasteiger partial charge in [-0.2, -0.15) is 0 Å². The van der Waals surface area contributed by atoms with Gasteiger partial charge in [0.2, 0.25) is 0 Å². The average molecular weight is 261 g/mol. The van der Waals surface area contributed by atoms with Crippen molar-refractivity contribution in [2.75, 3.05) is 13.1 Å². The van der Waals surface area contributed by atoms with Crippen LogP contribution in [0.25, 0.3) is 10.6 Å². The Morgan fingerprint density at radius 3 is 3.11 bits per heavy atom. The summed E-state index contributed by atoms with van der Waals surface area (Å²) in [6.45, 7) is 4.49. The van der Waals surface area contributed by atoms with Gasteiger partial charge in [-0.1, -0.05) is 6.92 Å². The van der Waals surface area contributed by atoms with Crippen molar-refractivity contribution in [2.24, 2.45) is 5.92 Å². The van der Waals surface area contributed by atoms with Crippen molar-refractivity contribution in [3.8, 4) is 10.6 Å². The minimum absolute atomic E-state index is 0.749. The van der Waals surface area contributed by atoms with Crippen molar-refractivity contribution in [3.05, 3.63) is 29.0 Å². The van der Waals surface area contributed by atoms with E-state index < -0.39 is 0 Å². The third-order valence-electron chi connectivity index (χ3n) is 3.55. The van der Waals surface area contributed by atoms with Gasteiger partial charge in [0.1, 0.15) is 5.82 Å². The Kier molecular flexibility index (Phi) is 3.48. The van der Waals surface area contributed by atoms with E-state index >= 15 is 0 Å². The second-order valence-corrected chi connectivity index (χ2v) is 6.09. The first kappa shape index (κ1) is 11.9. The number of aryl methyl sites for hydroxylation is 1. The van der Waals surface area contributed by atoms with Crippen molar-refractivity contribution < 1.29 is 0 Å². The molecule has 2 aromatic heterocycles. The molecular formula is C14H19N3S. The Morgan fingerprint density at radius 1 is 1.44 bits per heavy atom. The number of rotatable bonds is 4. The molecule has 0 radical (unpaired) electrons. The molecule has 1 atom stereocenters. The number of hydrogen-bond acceptors (Lipinski definition) is 3. The lowest BCUT2D eigenvalue weighted by Crippen LogP contribution is -2.11. The predicted octanol–water partition coefficient (Wildman–Crippen LogP) is 2.85. The van der Waals surface area contributed by atoms with Crippen LogP contribution in [0.5, 0.6) is 0 Å². The van der Waals surface area contributed by atoms with E-state index in [1.165, 1.54) is 21.9 Å². The smallest absolute Gasteiger partial charge is 0.106 e. The largest absolute Gasteiger partial charge is 0.341 e. The molecule has 1 aliphatic rings. The number of thiophene rings is 1. The molecule has 4 heteroatoms. The monoisotopic (exact) mass is 261 g/mol. The lowest BCUT2D eigenvalue weighted by Gasteiger charge is -2.04. The van der Waals surface area contributed by atoms with Crippen LogP contribution in [-0.2, 0) is 12.8 Å². The summed E-state index contributed by atoms with van der Waals surface area (Å²) < 4.78 is 0. The fourth-order valence-corrected chi connectivity index (χ4v) is 3.38. The molecule has 1 fully saturated rings. The molecule has 2 aromatic rings. The van der Waals surface area contributed by atoms with Crippen molar-refractivity contribution in [2.45, 2.75) is 26.2 Å². The molecule has 0 bridgehead atoms. The van der Waals surface area contributed by atoms with E-state index in [0.29, 0.717) is 0 Å². The highest BCUT2D eigenvalue weighted by Crippen LogP contribution is 2.27. The van der Waals surface area contributed by atoms with Crippen LogP contribution in [0.15, 0.2) is 18.3 Å². The lowest BCUT2D eigenvalue weighted by molar-refractivity contribution is 0.565. The number of nitrogens with zero attached hydrogens (tertiary/aromatic N) is 1. The molecule has 0 aromatic carbocycles. The van der Waals surface area contributed by atoms with Gasteiger partial charge in [0, 0.05) is 11.3 Å². The maximum atomic E-state index is 4.51. The molecule has 1 aliphatic heterocycles. The summed E-state index contributed by atoms with van der Waals surface area (Å²) >= 11 is 1.86. The summed E-state index contributed by atoms with van der Waals surface area (Å²) in [4.78, 5) is 10.7. The summed E-state index contributed by atoms with van der Waals surface area (Å²) in [5.74, 6) is 1.88. The molecule has 3 rings (SSSR count). The number of imidazole rings is 1. The first-order valence-electron chi connectivity index (χ1n) is 6.69. The van der Waals surface area contributed by atoms with Gasteiger partial charge < -0.3 is 10.3 Å². The van der Waals surface area contributed by atoms with Crippen molar-refractivity contribution >= 4 is 11.3 Å². The molecule has 0 spiro atoms. The number of H-pyrrole nitrogens is 1. The van der Waals surface area contributed by atoms with Gasteiger partial charge in [-0.15, -0.1) is 11.3 Å². The zero-order chi connectivity index (χ0) is 12.4. The van der Waals surface area contributed by atoms with Crippen LogP contribution in [0, 0.1) is 5.92 Å². The Bertz CT molecular complexity index is 509. The summed E-state index contributed by atoms with van der Waals surface area (Å²) in [5.41, 5.74) is 1.17. The summed E-state index contributed by atoms with van der Waals surface area (Å²) in [6.07, 6.45) is 5.43. The maximum absolute atomic E-state index is 4.51. The molecule has 0 amide bonds. The van der Waals surface area contributed by atoms with Crippen LogP contribution in [0.3, 0.4) is 0 Å². The van der Waals surface area contributed by atoms with Gasteiger partial charge in [-0.25, -0.2) is 4.98 Å². The summed E-state index contributed by atoms with van der Waals surface area (Å²) in [7, 11) is 0.